The van der Waals surface area contributed by atoms with Gasteiger partial charge in [-0.25, -0.2) is 0 Å². The molecule has 2 fully saturated rings. The minimum atomic E-state index is -0.338. The van der Waals surface area contributed by atoms with Crippen LogP contribution in [-0.2, 0) is 18.3 Å². The number of para-hydroxylation sites is 1. The molecule has 0 aliphatic carbocycles. The third-order valence-corrected chi connectivity index (χ3v) is 8.98. The van der Waals surface area contributed by atoms with Gasteiger partial charge in [-0.05, 0) is 54.8 Å². The molecule has 10 heteroatoms. The molecule has 0 spiro atoms. The summed E-state index contributed by atoms with van der Waals surface area (Å²) < 4.78 is 7.27. The maximum absolute atomic E-state index is 13.5. The van der Waals surface area contributed by atoms with E-state index in [2.05, 4.69) is 28.0 Å². The fourth-order valence-corrected chi connectivity index (χ4v) is 6.56. The van der Waals surface area contributed by atoms with Crippen LogP contribution in [0.4, 0.5) is 11.5 Å². The Kier molecular flexibility index (Phi) is 8.47. The zero-order chi connectivity index (χ0) is 29.1. The topological polar surface area (TPSA) is 81.8 Å². The van der Waals surface area contributed by atoms with Gasteiger partial charge in [-0.15, -0.1) is 0 Å². The minimum absolute atomic E-state index is 0.0837. The fraction of sp³-hybridized carbons (Fsp3) is 0.290. The Bertz CT molecular complexity index is 1600. The number of carbonyl (C=O) groups excluding carboxylic acids is 1. The minimum Gasteiger partial charge on any atom is -0.497 e. The third kappa shape index (κ3) is 5.73. The molecule has 210 valence electrons. The van der Waals surface area contributed by atoms with E-state index in [1.165, 1.54) is 11.8 Å². The van der Waals surface area contributed by atoms with Crippen molar-refractivity contribution in [3.05, 3.63) is 92.1 Å². The smallest absolute Gasteiger partial charge is 0.270 e. The molecule has 2 aromatic carbocycles. The van der Waals surface area contributed by atoms with Crippen molar-refractivity contribution in [3.8, 4) is 11.8 Å². The second-order valence-electron chi connectivity index (χ2n) is 9.95. The molecule has 0 N–H and O–H groups in total. The summed E-state index contributed by atoms with van der Waals surface area (Å²) in [6, 6.07) is 20.1. The molecule has 8 nitrogen and oxygen atoms in total. The molecule has 2 saturated heterocycles. The van der Waals surface area contributed by atoms with Crippen LogP contribution in [0.15, 0.2) is 64.3 Å². The van der Waals surface area contributed by atoms with Crippen molar-refractivity contribution >= 4 is 51.8 Å². The number of rotatable bonds is 7. The van der Waals surface area contributed by atoms with E-state index in [0.29, 0.717) is 52.2 Å². The number of amides is 1. The van der Waals surface area contributed by atoms with E-state index < -0.39 is 0 Å². The molecule has 3 aromatic rings. The lowest BCUT2D eigenvalue weighted by Gasteiger charge is -2.38. The number of carbonyl (C=O) groups is 1. The number of benzene rings is 2. The summed E-state index contributed by atoms with van der Waals surface area (Å²) in [5.41, 5.74) is 3.26. The average Bonchev–Trinajstić information content (AvgIpc) is 3.27. The van der Waals surface area contributed by atoms with E-state index in [1.807, 2.05) is 42.5 Å². The van der Waals surface area contributed by atoms with E-state index in [0.717, 1.165) is 30.1 Å². The molecule has 5 rings (SSSR count). The number of pyridine rings is 1. The summed E-state index contributed by atoms with van der Waals surface area (Å²) >= 11 is 6.85. The van der Waals surface area contributed by atoms with E-state index in [-0.39, 0.29) is 17.0 Å². The largest absolute Gasteiger partial charge is 0.497 e. The quantitative estimate of drug-likeness (QED) is 0.299. The van der Waals surface area contributed by atoms with Crippen molar-refractivity contribution in [3.63, 3.8) is 0 Å². The second-order valence-corrected chi connectivity index (χ2v) is 11.6. The number of aromatic nitrogens is 1. The zero-order valence-electron chi connectivity index (χ0n) is 23.3. The number of hydrogen-bond donors (Lipinski definition) is 0. The van der Waals surface area contributed by atoms with E-state index >= 15 is 0 Å². The molecular formula is C31H31N5O3S2. The van der Waals surface area contributed by atoms with Crippen molar-refractivity contribution in [2.75, 3.05) is 49.6 Å². The first-order valence-electron chi connectivity index (χ1n) is 13.4. The maximum atomic E-state index is 13.5. The van der Waals surface area contributed by atoms with E-state index in [4.69, 9.17) is 17.0 Å². The first kappa shape index (κ1) is 28.5. The lowest BCUT2D eigenvalue weighted by molar-refractivity contribution is -0.122. The van der Waals surface area contributed by atoms with Gasteiger partial charge in [-0.3, -0.25) is 19.1 Å². The highest BCUT2D eigenvalue weighted by atomic mass is 32.2. The number of piperazine rings is 1. The Labute approximate surface area is 249 Å². The number of thioether (sulfide) groups is 1. The molecule has 0 bridgehead atoms. The van der Waals surface area contributed by atoms with Gasteiger partial charge < -0.3 is 14.5 Å². The molecule has 0 saturated carbocycles. The van der Waals surface area contributed by atoms with Gasteiger partial charge in [0.25, 0.3) is 11.5 Å². The van der Waals surface area contributed by atoms with Crippen molar-refractivity contribution in [2.24, 2.45) is 7.05 Å². The van der Waals surface area contributed by atoms with Crippen LogP contribution in [0.5, 0.6) is 5.75 Å². The predicted molar refractivity (Wildman–Crippen MR) is 169 cm³/mol. The van der Waals surface area contributed by atoms with Crippen LogP contribution in [-0.4, -0.2) is 59.5 Å². The molecule has 1 amide bonds. The standard InChI is InChI=1S/C31H31N5O3S2/c1-21-25(19-27-30(38)36(31(40)41-27)14-13-22-9-11-24(39-3)12-10-22)28(33(2)29(37)26(21)20-32)35-17-15-34(16-18-35)23-7-5-4-6-8-23/h4-12,19H,13-18H2,1-3H3. The fourth-order valence-electron chi connectivity index (χ4n) is 5.27. The summed E-state index contributed by atoms with van der Waals surface area (Å²) in [6.07, 6.45) is 2.46. The van der Waals surface area contributed by atoms with Gasteiger partial charge in [-0.1, -0.05) is 54.3 Å². The van der Waals surface area contributed by atoms with Gasteiger partial charge in [0, 0.05) is 51.0 Å². The van der Waals surface area contributed by atoms with Gasteiger partial charge in [0.2, 0.25) is 0 Å². The number of thiocarbonyl (C=S) groups is 1. The van der Waals surface area contributed by atoms with Crippen LogP contribution in [0, 0.1) is 18.3 Å². The number of nitrogens with zero attached hydrogens (tertiary/aromatic N) is 5. The van der Waals surface area contributed by atoms with Crippen LogP contribution in [0.3, 0.4) is 0 Å². The Hall–Kier alpha value is -4.07. The van der Waals surface area contributed by atoms with Crippen LogP contribution < -0.4 is 20.1 Å². The summed E-state index contributed by atoms with van der Waals surface area (Å²) in [7, 11) is 3.32. The number of nitriles is 1. The van der Waals surface area contributed by atoms with Crippen LogP contribution in [0.2, 0.25) is 0 Å². The molecule has 3 heterocycles. The number of methoxy groups -OCH3 is 1. The molecule has 1 aromatic heterocycles. The summed E-state index contributed by atoms with van der Waals surface area (Å²) in [4.78, 5) is 33.3. The van der Waals surface area contributed by atoms with Gasteiger partial charge in [0.1, 0.15) is 27.5 Å². The van der Waals surface area contributed by atoms with Crippen molar-refractivity contribution in [2.45, 2.75) is 13.3 Å². The van der Waals surface area contributed by atoms with Gasteiger partial charge in [-0.2, -0.15) is 5.26 Å². The number of anilines is 2. The van der Waals surface area contributed by atoms with Gasteiger partial charge in [0.05, 0.1) is 12.0 Å². The summed E-state index contributed by atoms with van der Waals surface area (Å²) in [5, 5.41) is 9.80. The van der Waals surface area contributed by atoms with Gasteiger partial charge in [0.15, 0.2) is 0 Å². The summed E-state index contributed by atoms with van der Waals surface area (Å²) in [5.74, 6) is 1.33. The Morgan fingerprint density at radius 3 is 2.32 bits per heavy atom. The molecular weight excluding hydrogens is 555 g/mol. The van der Waals surface area contributed by atoms with Crippen LogP contribution in [0.1, 0.15) is 22.3 Å². The first-order valence-corrected chi connectivity index (χ1v) is 14.6. The Morgan fingerprint density at radius 2 is 1.68 bits per heavy atom. The Morgan fingerprint density at radius 1 is 1.02 bits per heavy atom. The molecule has 0 unspecified atom stereocenters. The summed E-state index contributed by atoms with van der Waals surface area (Å²) in [6.45, 7) is 5.18. The molecule has 2 aliphatic rings. The predicted octanol–water partition coefficient (Wildman–Crippen LogP) is 4.34. The number of hydrogen-bond acceptors (Lipinski definition) is 8. The van der Waals surface area contributed by atoms with Gasteiger partial charge >= 0.3 is 0 Å². The normalized spacial score (nSPS) is 16.4. The van der Waals surface area contributed by atoms with E-state index in [1.54, 1.807) is 36.6 Å². The van der Waals surface area contributed by atoms with Crippen molar-refractivity contribution in [1.82, 2.24) is 9.47 Å². The van der Waals surface area contributed by atoms with Crippen molar-refractivity contribution in [1.29, 1.82) is 5.26 Å². The lowest BCUT2D eigenvalue weighted by Crippen LogP contribution is -2.48. The van der Waals surface area contributed by atoms with E-state index in [9.17, 15) is 14.9 Å². The average molecular weight is 586 g/mol. The highest BCUT2D eigenvalue weighted by molar-refractivity contribution is 8.26. The van der Waals surface area contributed by atoms with Crippen LogP contribution >= 0.6 is 24.0 Å². The zero-order valence-corrected chi connectivity index (χ0v) is 24.9. The monoisotopic (exact) mass is 585 g/mol. The molecule has 0 atom stereocenters. The van der Waals surface area contributed by atoms with Crippen molar-refractivity contribution < 1.29 is 9.53 Å². The second kappa shape index (κ2) is 12.2. The molecule has 2 aliphatic heterocycles. The number of ether oxygens (including phenoxy) is 1. The first-order chi connectivity index (χ1) is 19.8. The molecule has 41 heavy (non-hydrogen) atoms. The third-order valence-electron chi connectivity index (χ3n) is 7.60. The lowest BCUT2D eigenvalue weighted by atomic mass is 10.0. The van der Waals surface area contributed by atoms with Crippen LogP contribution in [0.25, 0.3) is 6.08 Å². The molecule has 0 radical (unpaired) electrons. The maximum Gasteiger partial charge on any atom is 0.270 e. The highest BCUT2D eigenvalue weighted by Gasteiger charge is 2.33. The highest BCUT2D eigenvalue weighted by Crippen LogP contribution is 2.36. The Balaban J connectivity index is 1.43. The SMILES string of the molecule is COc1ccc(CCN2C(=O)C(=Cc3c(C)c(C#N)c(=O)n(C)c3N3CCN(c4ccccc4)CC3)SC2=S)cc1.